The van der Waals surface area contributed by atoms with Crippen LogP contribution in [0.1, 0.15) is 31.2 Å². The van der Waals surface area contributed by atoms with Gasteiger partial charge in [-0.05, 0) is 19.8 Å². The van der Waals surface area contributed by atoms with Crippen molar-refractivity contribution in [2.75, 3.05) is 36.2 Å². The molecule has 1 aromatic heterocycles. The SMILES string of the molecule is CCCc1nc(NC)c(C)c(NCCCS(C)(=O)=O)n1. The molecule has 0 bridgehead atoms. The average molecular weight is 300 g/mol. The molecule has 0 atom stereocenters. The summed E-state index contributed by atoms with van der Waals surface area (Å²) < 4.78 is 22.2. The van der Waals surface area contributed by atoms with Gasteiger partial charge in [-0.15, -0.1) is 0 Å². The van der Waals surface area contributed by atoms with Crippen LogP contribution in [0.2, 0.25) is 0 Å². The summed E-state index contributed by atoms with van der Waals surface area (Å²) in [5.41, 5.74) is 0.951. The van der Waals surface area contributed by atoms with E-state index >= 15 is 0 Å². The largest absolute Gasteiger partial charge is 0.373 e. The Balaban J connectivity index is 2.75. The van der Waals surface area contributed by atoms with Crippen LogP contribution in [0.5, 0.6) is 0 Å². The highest BCUT2D eigenvalue weighted by atomic mass is 32.2. The molecule has 0 aliphatic rings. The third kappa shape index (κ3) is 5.32. The zero-order valence-corrected chi connectivity index (χ0v) is 13.5. The Morgan fingerprint density at radius 1 is 1.20 bits per heavy atom. The Kier molecular flexibility index (Phi) is 6.19. The maximum atomic E-state index is 11.1. The van der Waals surface area contributed by atoms with Crippen molar-refractivity contribution in [2.24, 2.45) is 0 Å². The summed E-state index contributed by atoms with van der Waals surface area (Å²) in [6.45, 7) is 4.61. The Hall–Kier alpha value is -1.37. The topological polar surface area (TPSA) is 84.0 Å². The smallest absolute Gasteiger partial charge is 0.147 e. The molecule has 0 aliphatic heterocycles. The highest BCUT2D eigenvalue weighted by Crippen LogP contribution is 2.20. The lowest BCUT2D eigenvalue weighted by atomic mass is 10.2. The summed E-state index contributed by atoms with van der Waals surface area (Å²) in [4.78, 5) is 8.94. The average Bonchev–Trinajstić information content (AvgIpc) is 2.36. The zero-order valence-electron chi connectivity index (χ0n) is 12.7. The lowest BCUT2D eigenvalue weighted by molar-refractivity contribution is 0.600. The van der Waals surface area contributed by atoms with Gasteiger partial charge >= 0.3 is 0 Å². The fourth-order valence-electron chi connectivity index (χ4n) is 1.86. The van der Waals surface area contributed by atoms with E-state index in [1.807, 2.05) is 14.0 Å². The first-order valence-electron chi connectivity index (χ1n) is 6.84. The van der Waals surface area contributed by atoms with E-state index in [-0.39, 0.29) is 5.75 Å². The number of nitrogens with one attached hydrogen (secondary N) is 2. The summed E-state index contributed by atoms with van der Waals surface area (Å²) in [7, 11) is -1.07. The third-order valence-corrected chi connectivity index (χ3v) is 3.92. The zero-order chi connectivity index (χ0) is 15.2. The van der Waals surface area contributed by atoms with E-state index in [0.29, 0.717) is 13.0 Å². The molecule has 20 heavy (non-hydrogen) atoms. The van der Waals surface area contributed by atoms with Crippen molar-refractivity contribution in [2.45, 2.75) is 33.1 Å². The highest BCUT2D eigenvalue weighted by molar-refractivity contribution is 7.90. The number of rotatable bonds is 8. The molecule has 0 unspecified atom stereocenters. The quantitative estimate of drug-likeness (QED) is 0.710. The van der Waals surface area contributed by atoms with Crippen LogP contribution in [0.15, 0.2) is 0 Å². The molecule has 7 heteroatoms. The summed E-state index contributed by atoms with van der Waals surface area (Å²) >= 11 is 0. The maximum Gasteiger partial charge on any atom is 0.147 e. The van der Waals surface area contributed by atoms with Crippen LogP contribution >= 0.6 is 0 Å². The van der Waals surface area contributed by atoms with Crippen LogP contribution in [-0.2, 0) is 16.3 Å². The molecule has 0 aromatic carbocycles. The molecule has 6 nitrogen and oxygen atoms in total. The van der Waals surface area contributed by atoms with E-state index < -0.39 is 9.84 Å². The Morgan fingerprint density at radius 2 is 1.85 bits per heavy atom. The standard InChI is InChI=1S/C13H24N4O2S/c1-5-7-11-16-12(14-3)10(2)13(17-11)15-8-6-9-20(4,18)19/h5-9H2,1-4H3,(H2,14,15,16,17). The van der Waals surface area contributed by atoms with Crippen LogP contribution in [-0.4, -0.2) is 44.0 Å². The van der Waals surface area contributed by atoms with Gasteiger partial charge in [0, 0.05) is 31.8 Å². The summed E-state index contributed by atoms with van der Waals surface area (Å²) in [5.74, 6) is 2.58. The molecule has 0 saturated carbocycles. The first kappa shape index (κ1) is 16.7. The van der Waals surface area contributed by atoms with E-state index in [1.54, 1.807) is 0 Å². The molecule has 0 spiro atoms. The van der Waals surface area contributed by atoms with Gasteiger partial charge in [0.05, 0.1) is 5.75 Å². The van der Waals surface area contributed by atoms with Crippen LogP contribution in [0, 0.1) is 6.92 Å². The fourth-order valence-corrected chi connectivity index (χ4v) is 2.52. The van der Waals surface area contributed by atoms with Crippen LogP contribution in [0.25, 0.3) is 0 Å². The number of aromatic nitrogens is 2. The van der Waals surface area contributed by atoms with Crippen molar-refractivity contribution in [3.05, 3.63) is 11.4 Å². The van der Waals surface area contributed by atoms with Gasteiger partial charge in [-0.1, -0.05) is 6.92 Å². The van der Waals surface area contributed by atoms with E-state index in [0.717, 1.165) is 35.9 Å². The number of anilines is 2. The molecule has 114 valence electrons. The van der Waals surface area contributed by atoms with Crippen LogP contribution in [0.3, 0.4) is 0 Å². The minimum Gasteiger partial charge on any atom is -0.373 e. The van der Waals surface area contributed by atoms with Gasteiger partial charge in [0.15, 0.2) is 0 Å². The highest BCUT2D eigenvalue weighted by Gasteiger charge is 2.09. The number of sulfone groups is 1. The number of hydrogen-bond acceptors (Lipinski definition) is 6. The second-order valence-electron chi connectivity index (χ2n) is 4.87. The molecule has 0 saturated heterocycles. The first-order chi connectivity index (χ1) is 9.37. The van der Waals surface area contributed by atoms with Gasteiger partial charge in [-0.2, -0.15) is 0 Å². The lowest BCUT2D eigenvalue weighted by Gasteiger charge is -2.13. The van der Waals surface area contributed by atoms with Crippen LogP contribution in [0.4, 0.5) is 11.6 Å². The number of hydrogen-bond donors (Lipinski definition) is 2. The predicted molar refractivity (Wildman–Crippen MR) is 83.1 cm³/mol. The number of aryl methyl sites for hydroxylation is 1. The van der Waals surface area contributed by atoms with Gasteiger partial charge < -0.3 is 10.6 Å². The molecule has 0 aliphatic carbocycles. The summed E-state index contributed by atoms with van der Waals surface area (Å²) in [6, 6.07) is 0. The molecule has 0 amide bonds. The van der Waals surface area contributed by atoms with Gasteiger partial charge in [-0.3, -0.25) is 0 Å². The molecule has 1 heterocycles. The van der Waals surface area contributed by atoms with Crippen molar-refractivity contribution in [1.29, 1.82) is 0 Å². The monoisotopic (exact) mass is 300 g/mol. The summed E-state index contributed by atoms with van der Waals surface area (Å²) in [5, 5.41) is 6.27. The molecule has 0 radical (unpaired) electrons. The molecule has 0 fully saturated rings. The maximum absolute atomic E-state index is 11.1. The molecule has 2 N–H and O–H groups in total. The van der Waals surface area contributed by atoms with Gasteiger partial charge in [0.25, 0.3) is 0 Å². The molecular formula is C13H24N4O2S. The van der Waals surface area contributed by atoms with Crippen molar-refractivity contribution in [1.82, 2.24) is 9.97 Å². The second kappa shape index (κ2) is 7.42. The van der Waals surface area contributed by atoms with E-state index in [9.17, 15) is 8.42 Å². The molecule has 1 aromatic rings. The van der Waals surface area contributed by atoms with E-state index in [2.05, 4.69) is 27.5 Å². The van der Waals surface area contributed by atoms with Crippen LogP contribution < -0.4 is 10.6 Å². The van der Waals surface area contributed by atoms with Gasteiger partial charge in [-0.25, -0.2) is 18.4 Å². The van der Waals surface area contributed by atoms with Crippen molar-refractivity contribution < 1.29 is 8.42 Å². The van der Waals surface area contributed by atoms with E-state index in [4.69, 9.17) is 0 Å². The predicted octanol–water partition coefficient (Wildman–Crippen LogP) is 1.63. The minimum atomic E-state index is -2.90. The van der Waals surface area contributed by atoms with Crippen molar-refractivity contribution >= 4 is 21.5 Å². The molecule has 1 rings (SSSR count). The third-order valence-electron chi connectivity index (χ3n) is 2.89. The number of nitrogens with zero attached hydrogens (tertiary/aromatic N) is 2. The van der Waals surface area contributed by atoms with Crippen molar-refractivity contribution in [3.63, 3.8) is 0 Å². The van der Waals surface area contributed by atoms with Gasteiger partial charge in [0.2, 0.25) is 0 Å². The first-order valence-corrected chi connectivity index (χ1v) is 8.90. The van der Waals surface area contributed by atoms with E-state index in [1.165, 1.54) is 6.26 Å². The second-order valence-corrected chi connectivity index (χ2v) is 7.13. The fraction of sp³-hybridized carbons (Fsp3) is 0.692. The molecular weight excluding hydrogens is 276 g/mol. The lowest BCUT2D eigenvalue weighted by Crippen LogP contribution is -2.13. The Morgan fingerprint density at radius 3 is 2.40 bits per heavy atom. The normalized spacial score (nSPS) is 11.4. The minimum absolute atomic E-state index is 0.185. The summed E-state index contributed by atoms with van der Waals surface area (Å²) in [6.07, 6.45) is 3.63. The van der Waals surface area contributed by atoms with Gasteiger partial charge in [0.1, 0.15) is 27.3 Å². The van der Waals surface area contributed by atoms with Crippen molar-refractivity contribution in [3.8, 4) is 0 Å². The Bertz CT molecular complexity index is 544. The Labute approximate surface area is 121 Å².